The second kappa shape index (κ2) is 6.14. The van der Waals surface area contributed by atoms with Crippen molar-refractivity contribution in [3.63, 3.8) is 0 Å². The van der Waals surface area contributed by atoms with Crippen molar-refractivity contribution in [2.75, 3.05) is 12.4 Å². The van der Waals surface area contributed by atoms with E-state index < -0.39 is 0 Å². The van der Waals surface area contributed by atoms with Crippen LogP contribution < -0.4 is 10.1 Å². The monoisotopic (exact) mass is 271 g/mol. The van der Waals surface area contributed by atoms with Gasteiger partial charge >= 0.3 is 0 Å². The topological polar surface area (TPSA) is 64.1 Å². The summed E-state index contributed by atoms with van der Waals surface area (Å²) in [6.45, 7) is 4.11. The number of pyridine rings is 2. The minimum atomic E-state index is 0.231. The maximum Gasteiger partial charge on any atom is 0.213 e. The fourth-order valence-electron chi connectivity index (χ4n) is 1.88. The van der Waals surface area contributed by atoms with Crippen LogP contribution in [0.15, 0.2) is 30.6 Å². The van der Waals surface area contributed by atoms with Crippen molar-refractivity contribution >= 4 is 17.7 Å². The van der Waals surface area contributed by atoms with E-state index in [1.54, 1.807) is 25.4 Å². The lowest BCUT2D eigenvalue weighted by molar-refractivity contribution is 0.112. The predicted molar refractivity (Wildman–Crippen MR) is 77.8 cm³/mol. The Morgan fingerprint density at radius 1 is 1.25 bits per heavy atom. The van der Waals surface area contributed by atoms with Crippen LogP contribution in [-0.4, -0.2) is 23.4 Å². The van der Waals surface area contributed by atoms with Gasteiger partial charge in [0, 0.05) is 18.5 Å². The molecule has 0 fully saturated rings. The Morgan fingerprint density at radius 2 is 2.05 bits per heavy atom. The standard InChI is InChI=1S/C15H17N3O2/c1-10(2)15-13(4-5-14(18-15)20-3)17-12-6-7-16-8-11(12)9-19/h4-10H,1-3H3,(H,16,17). The predicted octanol–water partition coefficient (Wildman–Crippen LogP) is 3.16. The highest BCUT2D eigenvalue weighted by Gasteiger charge is 2.11. The van der Waals surface area contributed by atoms with Crippen molar-refractivity contribution in [2.45, 2.75) is 19.8 Å². The second-order valence-electron chi connectivity index (χ2n) is 4.65. The Labute approximate surface area is 118 Å². The number of nitrogens with one attached hydrogen (secondary N) is 1. The first-order valence-corrected chi connectivity index (χ1v) is 6.37. The summed E-state index contributed by atoms with van der Waals surface area (Å²) in [7, 11) is 1.59. The number of aldehydes is 1. The fourth-order valence-corrected chi connectivity index (χ4v) is 1.88. The minimum absolute atomic E-state index is 0.231. The normalized spacial score (nSPS) is 10.4. The molecule has 20 heavy (non-hydrogen) atoms. The molecule has 2 aromatic rings. The van der Waals surface area contributed by atoms with Crippen molar-refractivity contribution in [3.8, 4) is 5.88 Å². The van der Waals surface area contributed by atoms with E-state index in [9.17, 15) is 4.79 Å². The summed E-state index contributed by atoms with van der Waals surface area (Å²) < 4.78 is 5.15. The molecule has 2 rings (SSSR count). The van der Waals surface area contributed by atoms with Crippen LogP contribution in [0.5, 0.6) is 5.88 Å². The number of aromatic nitrogens is 2. The molecule has 2 heterocycles. The van der Waals surface area contributed by atoms with Crippen LogP contribution >= 0.6 is 0 Å². The molecule has 0 aliphatic carbocycles. The number of carbonyl (C=O) groups excluding carboxylic acids is 1. The molecule has 0 atom stereocenters. The Bertz CT molecular complexity index is 612. The molecule has 0 aliphatic rings. The van der Waals surface area contributed by atoms with E-state index in [2.05, 4.69) is 29.1 Å². The van der Waals surface area contributed by atoms with Crippen molar-refractivity contribution in [1.82, 2.24) is 9.97 Å². The highest BCUT2D eigenvalue weighted by Crippen LogP contribution is 2.28. The average molecular weight is 271 g/mol. The number of carbonyl (C=O) groups is 1. The highest BCUT2D eigenvalue weighted by atomic mass is 16.5. The van der Waals surface area contributed by atoms with E-state index in [0.717, 1.165) is 17.7 Å². The molecule has 0 bridgehead atoms. The van der Waals surface area contributed by atoms with Gasteiger partial charge in [0.2, 0.25) is 5.88 Å². The second-order valence-corrected chi connectivity index (χ2v) is 4.65. The van der Waals surface area contributed by atoms with Gasteiger partial charge in [-0.2, -0.15) is 0 Å². The van der Waals surface area contributed by atoms with Crippen LogP contribution in [0.4, 0.5) is 11.4 Å². The fraction of sp³-hybridized carbons (Fsp3) is 0.267. The quantitative estimate of drug-likeness (QED) is 0.846. The molecular formula is C15H17N3O2. The molecule has 1 N–H and O–H groups in total. The van der Waals surface area contributed by atoms with Crippen molar-refractivity contribution in [3.05, 3.63) is 41.9 Å². The Morgan fingerprint density at radius 3 is 2.70 bits per heavy atom. The molecule has 0 saturated carbocycles. The van der Waals surface area contributed by atoms with E-state index in [4.69, 9.17) is 4.74 Å². The molecule has 5 nitrogen and oxygen atoms in total. The van der Waals surface area contributed by atoms with Gasteiger partial charge in [-0.3, -0.25) is 9.78 Å². The summed E-state index contributed by atoms with van der Waals surface area (Å²) in [5, 5.41) is 3.24. The maximum atomic E-state index is 11.0. The number of anilines is 2. The number of hydrogen-bond acceptors (Lipinski definition) is 5. The third-order valence-electron chi connectivity index (χ3n) is 2.90. The van der Waals surface area contributed by atoms with E-state index >= 15 is 0 Å². The van der Waals surface area contributed by atoms with Gasteiger partial charge < -0.3 is 10.1 Å². The Balaban J connectivity index is 2.40. The van der Waals surface area contributed by atoms with E-state index in [1.165, 1.54) is 6.20 Å². The summed E-state index contributed by atoms with van der Waals surface area (Å²) in [6.07, 6.45) is 3.95. The molecule has 2 aromatic heterocycles. The third-order valence-corrected chi connectivity index (χ3v) is 2.90. The van der Waals surface area contributed by atoms with E-state index in [-0.39, 0.29) is 5.92 Å². The lowest BCUT2D eigenvalue weighted by Crippen LogP contribution is -2.04. The van der Waals surface area contributed by atoms with E-state index in [0.29, 0.717) is 17.1 Å². The zero-order valence-corrected chi connectivity index (χ0v) is 11.8. The lowest BCUT2D eigenvalue weighted by Gasteiger charge is -2.15. The van der Waals surface area contributed by atoms with Crippen LogP contribution in [0.2, 0.25) is 0 Å². The zero-order valence-electron chi connectivity index (χ0n) is 11.8. The number of ether oxygens (including phenoxy) is 1. The van der Waals surface area contributed by atoms with Gasteiger partial charge in [-0.15, -0.1) is 0 Å². The molecule has 0 unspecified atom stereocenters. The van der Waals surface area contributed by atoms with Crippen LogP contribution in [0, 0.1) is 0 Å². The Kier molecular flexibility index (Phi) is 4.30. The largest absolute Gasteiger partial charge is 0.481 e. The van der Waals surface area contributed by atoms with Gasteiger partial charge in [0.1, 0.15) is 0 Å². The number of rotatable bonds is 5. The average Bonchev–Trinajstić information content (AvgIpc) is 2.48. The van der Waals surface area contributed by atoms with Gasteiger partial charge in [0.05, 0.1) is 29.7 Å². The summed E-state index contributed by atoms with van der Waals surface area (Å²) >= 11 is 0. The van der Waals surface area contributed by atoms with Gasteiger partial charge in [-0.25, -0.2) is 4.98 Å². The van der Waals surface area contributed by atoms with Crippen molar-refractivity contribution in [2.24, 2.45) is 0 Å². The molecule has 0 spiro atoms. The molecule has 0 amide bonds. The third kappa shape index (κ3) is 2.93. The first-order valence-electron chi connectivity index (χ1n) is 6.37. The first kappa shape index (κ1) is 14.0. The summed E-state index contributed by atoms with van der Waals surface area (Å²) in [4.78, 5) is 19.4. The van der Waals surface area contributed by atoms with Crippen LogP contribution in [0.3, 0.4) is 0 Å². The summed E-state index contributed by atoms with van der Waals surface area (Å²) in [5.74, 6) is 0.804. The van der Waals surface area contributed by atoms with Crippen molar-refractivity contribution in [1.29, 1.82) is 0 Å². The first-order chi connectivity index (χ1) is 9.65. The van der Waals surface area contributed by atoms with Crippen LogP contribution in [0.1, 0.15) is 35.8 Å². The smallest absolute Gasteiger partial charge is 0.213 e. The van der Waals surface area contributed by atoms with Gasteiger partial charge in [0.25, 0.3) is 0 Å². The van der Waals surface area contributed by atoms with Gasteiger partial charge in [-0.05, 0) is 18.1 Å². The van der Waals surface area contributed by atoms with Gasteiger partial charge in [0.15, 0.2) is 6.29 Å². The van der Waals surface area contributed by atoms with Gasteiger partial charge in [-0.1, -0.05) is 13.8 Å². The number of hydrogen-bond donors (Lipinski definition) is 1. The molecule has 5 heteroatoms. The summed E-state index contributed by atoms with van der Waals surface area (Å²) in [6, 6.07) is 5.45. The molecule has 0 radical (unpaired) electrons. The molecule has 0 aliphatic heterocycles. The highest BCUT2D eigenvalue weighted by molar-refractivity contribution is 5.85. The van der Waals surface area contributed by atoms with E-state index in [1.807, 2.05) is 6.07 Å². The minimum Gasteiger partial charge on any atom is -0.481 e. The van der Waals surface area contributed by atoms with Crippen molar-refractivity contribution < 1.29 is 9.53 Å². The molecule has 0 aromatic carbocycles. The summed E-state index contributed by atoms with van der Waals surface area (Å²) in [5.41, 5.74) is 2.97. The number of nitrogens with zero attached hydrogens (tertiary/aromatic N) is 2. The Hall–Kier alpha value is -2.43. The molecule has 0 saturated heterocycles. The van der Waals surface area contributed by atoms with Crippen LogP contribution in [-0.2, 0) is 0 Å². The SMILES string of the molecule is COc1ccc(Nc2ccncc2C=O)c(C(C)C)n1. The molecular weight excluding hydrogens is 254 g/mol. The molecule has 104 valence electrons. The number of methoxy groups -OCH3 is 1. The lowest BCUT2D eigenvalue weighted by atomic mass is 10.1. The maximum absolute atomic E-state index is 11.0. The zero-order chi connectivity index (χ0) is 14.5. The van der Waals surface area contributed by atoms with Crippen LogP contribution in [0.25, 0.3) is 0 Å².